The maximum atomic E-state index is 12.6. The predicted octanol–water partition coefficient (Wildman–Crippen LogP) is 4.74. The van der Waals surface area contributed by atoms with Crippen molar-refractivity contribution in [1.29, 1.82) is 0 Å². The molecule has 120 valence electrons. The van der Waals surface area contributed by atoms with Crippen LogP contribution in [0.15, 0.2) is 24.3 Å². The van der Waals surface area contributed by atoms with Gasteiger partial charge < -0.3 is 5.32 Å². The van der Waals surface area contributed by atoms with Crippen molar-refractivity contribution in [3.05, 3.63) is 35.0 Å². The Kier molecular flexibility index (Phi) is 3.85. The second kappa shape index (κ2) is 6.00. The largest absolute Gasteiger partial charge is 0.322 e. The average Bonchev–Trinajstić information content (AvgIpc) is 3.09. The predicted molar refractivity (Wildman–Crippen MR) is 91.6 cm³/mol. The van der Waals surface area contributed by atoms with Gasteiger partial charge in [0.25, 0.3) is 0 Å². The second-order valence-electron chi connectivity index (χ2n) is 6.61. The molecule has 1 aromatic carbocycles. The maximum absolute atomic E-state index is 12.6. The van der Waals surface area contributed by atoms with E-state index in [-0.39, 0.29) is 11.8 Å². The number of nitrogens with one attached hydrogen (secondary N) is 2. The summed E-state index contributed by atoms with van der Waals surface area (Å²) in [5.41, 5.74) is 3.72. The lowest BCUT2D eigenvalue weighted by atomic mass is 10.1. The lowest BCUT2D eigenvalue weighted by molar-refractivity contribution is -0.119. The maximum Gasteiger partial charge on any atom is 0.227 e. The van der Waals surface area contributed by atoms with Crippen LogP contribution in [0, 0.1) is 5.92 Å². The van der Waals surface area contributed by atoms with Crippen molar-refractivity contribution >= 4 is 23.2 Å². The van der Waals surface area contributed by atoms with E-state index >= 15 is 0 Å². The number of hydrogen-bond donors (Lipinski definition) is 2. The van der Waals surface area contributed by atoms with Gasteiger partial charge in [-0.3, -0.25) is 9.89 Å². The number of nitrogens with zero attached hydrogens (tertiary/aromatic N) is 1. The van der Waals surface area contributed by atoms with Gasteiger partial charge in [-0.05, 0) is 37.8 Å². The number of hydrogen-bond acceptors (Lipinski definition) is 2. The molecule has 2 saturated carbocycles. The van der Waals surface area contributed by atoms with Gasteiger partial charge in [0.2, 0.25) is 5.91 Å². The second-order valence-corrected chi connectivity index (χ2v) is 7.05. The number of anilines is 1. The minimum absolute atomic E-state index is 0.140. The summed E-state index contributed by atoms with van der Waals surface area (Å²) in [5.74, 6) is 0.790. The van der Waals surface area contributed by atoms with Crippen LogP contribution in [-0.4, -0.2) is 16.1 Å². The lowest BCUT2D eigenvalue weighted by Gasteiger charge is -2.12. The molecule has 0 radical (unpaired) electrons. The van der Waals surface area contributed by atoms with E-state index in [0.717, 1.165) is 61.2 Å². The average molecular weight is 330 g/mol. The van der Waals surface area contributed by atoms with Crippen LogP contribution >= 0.6 is 11.6 Å². The molecular formula is C18H20ClN3O. The summed E-state index contributed by atoms with van der Waals surface area (Å²) >= 11 is 5.98. The Bertz CT molecular complexity index is 712. The van der Waals surface area contributed by atoms with Gasteiger partial charge in [-0.1, -0.05) is 36.6 Å². The molecule has 1 heterocycles. The fraction of sp³-hybridized carbons (Fsp3) is 0.444. The number of carbonyl (C=O) groups is 1. The van der Waals surface area contributed by atoms with Crippen molar-refractivity contribution in [3.8, 4) is 11.3 Å². The van der Waals surface area contributed by atoms with Crippen molar-refractivity contribution in [3.63, 3.8) is 0 Å². The normalized spacial score (nSPS) is 18.3. The van der Waals surface area contributed by atoms with E-state index in [1.165, 1.54) is 0 Å². The fourth-order valence-corrected chi connectivity index (χ4v) is 3.51. The highest BCUT2D eigenvalue weighted by molar-refractivity contribution is 6.30. The summed E-state index contributed by atoms with van der Waals surface area (Å²) in [7, 11) is 0. The minimum atomic E-state index is 0.140. The van der Waals surface area contributed by atoms with Gasteiger partial charge in [0.15, 0.2) is 0 Å². The van der Waals surface area contributed by atoms with Crippen molar-refractivity contribution in [2.45, 2.75) is 44.4 Å². The van der Waals surface area contributed by atoms with E-state index < -0.39 is 0 Å². The highest BCUT2D eigenvalue weighted by atomic mass is 35.5. The third kappa shape index (κ3) is 3.00. The first-order chi connectivity index (χ1) is 11.2. The van der Waals surface area contributed by atoms with Crippen molar-refractivity contribution < 1.29 is 4.79 Å². The Morgan fingerprint density at radius 2 is 1.83 bits per heavy atom. The van der Waals surface area contributed by atoms with Crippen molar-refractivity contribution in [2.24, 2.45) is 5.92 Å². The standard InChI is InChI=1S/C18H20ClN3O/c19-14-9-7-12(8-10-14)16-17(15(21-22-16)11-5-6-11)20-18(23)13-3-1-2-4-13/h7-11,13H,1-6H2,(H,20,23)(H,21,22). The third-order valence-corrected chi connectivity index (χ3v) is 5.12. The van der Waals surface area contributed by atoms with Crippen LogP contribution in [0.2, 0.25) is 5.02 Å². The number of aromatic nitrogens is 2. The summed E-state index contributed by atoms with van der Waals surface area (Å²) in [6.45, 7) is 0. The Balaban J connectivity index is 1.66. The van der Waals surface area contributed by atoms with Gasteiger partial charge in [0, 0.05) is 22.4 Å². The van der Waals surface area contributed by atoms with Crippen LogP contribution in [0.4, 0.5) is 5.69 Å². The molecule has 0 atom stereocenters. The summed E-state index contributed by atoms with van der Waals surface area (Å²) in [6, 6.07) is 7.59. The van der Waals surface area contributed by atoms with Gasteiger partial charge in [0.05, 0.1) is 11.4 Å². The highest BCUT2D eigenvalue weighted by Crippen LogP contribution is 2.45. The molecule has 1 amide bonds. The summed E-state index contributed by atoms with van der Waals surface area (Å²) in [5, 5.41) is 11.5. The number of rotatable bonds is 4. The van der Waals surface area contributed by atoms with Crippen molar-refractivity contribution in [2.75, 3.05) is 5.32 Å². The molecular weight excluding hydrogens is 310 g/mol. The van der Waals surface area contributed by atoms with E-state index in [4.69, 9.17) is 11.6 Å². The molecule has 2 aliphatic carbocycles. The topological polar surface area (TPSA) is 57.8 Å². The molecule has 0 unspecified atom stereocenters. The quantitative estimate of drug-likeness (QED) is 0.851. The molecule has 23 heavy (non-hydrogen) atoms. The first-order valence-electron chi connectivity index (χ1n) is 8.37. The zero-order valence-electron chi connectivity index (χ0n) is 12.9. The summed E-state index contributed by atoms with van der Waals surface area (Å²) < 4.78 is 0. The third-order valence-electron chi connectivity index (χ3n) is 4.87. The Hall–Kier alpha value is -1.81. The SMILES string of the molecule is O=C(Nc1c(-c2ccc(Cl)cc2)n[nH]c1C1CC1)C1CCCC1. The number of H-pyrrole nitrogens is 1. The van der Waals surface area contributed by atoms with Gasteiger partial charge in [-0.25, -0.2) is 0 Å². The molecule has 0 saturated heterocycles. The van der Waals surface area contributed by atoms with Gasteiger partial charge in [0.1, 0.15) is 5.69 Å². The summed E-state index contributed by atoms with van der Waals surface area (Å²) in [6.07, 6.45) is 6.63. The number of amides is 1. The van der Waals surface area contributed by atoms with E-state index in [1.807, 2.05) is 24.3 Å². The van der Waals surface area contributed by atoms with E-state index in [2.05, 4.69) is 15.5 Å². The van der Waals surface area contributed by atoms with E-state index in [1.54, 1.807) is 0 Å². The highest BCUT2D eigenvalue weighted by Gasteiger charge is 2.32. The number of carbonyl (C=O) groups excluding carboxylic acids is 1. The molecule has 0 spiro atoms. The van der Waals surface area contributed by atoms with E-state index in [0.29, 0.717) is 10.9 Å². The molecule has 2 N–H and O–H groups in total. The van der Waals surface area contributed by atoms with Crippen LogP contribution in [0.1, 0.15) is 50.1 Å². The van der Waals surface area contributed by atoms with Crippen LogP contribution in [0.25, 0.3) is 11.3 Å². The Morgan fingerprint density at radius 3 is 2.48 bits per heavy atom. The van der Waals surface area contributed by atoms with Gasteiger partial charge in [-0.15, -0.1) is 0 Å². The van der Waals surface area contributed by atoms with Crippen molar-refractivity contribution in [1.82, 2.24) is 10.2 Å². The number of benzene rings is 1. The van der Waals surface area contributed by atoms with E-state index in [9.17, 15) is 4.79 Å². The van der Waals surface area contributed by atoms with Crippen LogP contribution in [0.3, 0.4) is 0 Å². The number of aromatic amines is 1. The number of halogens is 1. The molecule has 1 aromatic heterocycles. The lowest BCUT2D eigenvalue weighted by Crippen LogP contribution is -2.21. The van der Waals surface area contributed by atoms with Crippen LogP contribution in [0.5, 0.6) is 0 Å². The first-order valence-corrected chi connectivity index (χ1v) is 8.75. The summed E-state index contributed by atoms with van der Waals surface area (Å²) in [4.78, 5) is 12.6. The zero-order valence-corrected chi connectivity index (χ0v) is 13.7. The van der Waals surface area contributed by atoms with Crippen LogP contribution < -0.4 is 5.32 Å². The molecule has 0 bridgehead atoms. The zero-order chi connectivity index (χ0) is 15.8. The molecule has 4 nitrogen and oxygen atoms in total. The van der Waals surface area contributed by atoms with Crippen LogP contribution in [-0.2, 0) is 4.79 Å². The molecule has 0 aliphatic heterocycles. The molecule has 2 aromatic rings. The molecule has 4 rings (SSSR count). The first kappa shape index (κ1) is 14.8. The molecule has 5 heteroatoms. The smallest absolute Gasteiger partial charge is 0.227 e. The Morgan fingerprint density at radius 1 is 1.13 bits per heavy atom. The molecule has 2 aliphatic rings. The monoisotopic (exact) mass is 329 g/mol. The Labute approximate surface area is 140 Å². The fourth-order valence-electron chi connectivity index (χ4n) is 3.38. The van der Waals surface area contributed by atoms with Gasteiger partial charge >= 0.3 is 0 Å². The minimum Gasteiger partial charge on any atom is -0.322 e. The molecule has 2 fully saturated rings. The van der Waals surface area contributed by atoms with Gasteiger partial charge in [-0.2, -0.15) is 5.10 Å².